The fourth-order valence-electron chi connectivity index (χ4n) is 2.31. The minimum atomic E-state index is 0.194. The zero-order chi connectivity index (χ0) is 14.6. The molecule has 0 saturated carbocycles. The van der Waals surface area contributed by atoms with Gasteiger partial charge >= 0.3 is 0 Å². The quantitative estimate of drug-likeness (QED) is 0.595. The molecule has 6 heteroatoms. The van der Waals surface area contributed by atoms with Crippen LogP contribution in [0.3, 0.4) is 0 Å². The van der Waals surface area contributed by atoms with Crippen LogP contribution < -0.4 is 5.32 Å². The Morgan fingerprint density at radius 2 is 1.95 bits per heavy atom. The Morgan fingerprint density at radius 1 is 1.15 bits per heavy atom. The number of methoxy groups -OCH3 is 2. The van der Waals surface area contributed by atoms with Crippen molar-refractivity contribution in [3.05, 3.63) is 0 Å². The first kappa shape index (κ1) is 17.4. The molecule has 0 unspecified atom stereocenters. The molecule has 1 saturated heterocycles. The average Bonchev–Trinajstić information content (AvgIpc) is 2.71. The average molecular weight is 287 g/mol. The van der Waals surface area contributed by atoms with E-state index in [-0.39, 0.29) is 5.91 Å². The molecular formula is C14H29N3O3. The van der Waals surface area contributed by atoms with Crippen molar-refractivity contribution in [2.24, 2.45) is 0 Å². The number of ether oxygens (including phenoxy) is 2. The first-order chi connectivity index (χ1) is 9.77. The summed E-state index contributed by atoms with van der Waals surface area (Å²) in [5.41, 5.74) is 0. The molecule has 0 aromatic carbocycles. The first-order valence-electron chi connectivity index (χ1n) is 7.46. The van der Waals surface area contributed by atoms with Crippen molar-refractivity contribution < 1.29 is 14.3 Å². The van der Waals surface area contributed by atoms with Crippen molar-refractivity contribution >= 4 is 5.91 Å². The van der Waals surface area contributed by atoms with Crippen LogP contribution >= 0.6 is 0 Å². The fourth-order valence-corrected chi connectivity index (χ4v) is 2.31. The van der Waals surface area contributed by atoms with Crippen molar-refractivity contribution in [3.63, 3.8) is 0 Å². The standard InChI is InChI=1S/C14H29N3O3/c1-19-11-4-8-17(10-12-20-2)14(18)13-16-7-3-5-15-6-9-16/h15H,3-13H2,1-2H3. The lowest BCUT2D eigenvalue weighted by Crippen LogP contribution is -2.43. The summed E-state index contributed by atoms with van der Waals surface area (Å²) in [4.78, 5) is 16.5. The number of carbonyl (C=O) groups is 1. The minimum absolute atomic E-state index is 0.194. The lowest BCUT2D eigenvalue weighted by molar-refractivity contribution is -0.133. The molecule has 118 valence electrons. The summed E-state index contributed by atoms with van der Waals surface area (Å²) in [5.74, 6) is 0.194. The van der Waals surface area contributed by atoms with E-state index in [2.05, 4.69) is 10.2 Å². The van der Waals surface area contributed by atoms with E-state index in [1.807, 2.05) is 4.90 Å². The molecule has 0 aromatic heterocycles. The van der Waals surface area contributed by atoms with Gasteiger partial charge in [-0.1, -0.05) is 0 Å². The van der Waals surface area contributed by atoms with E-state index >= 15 is 0 Å². The van der Waals surface area contributed by atoms with Crippen LogP contribution in [0.5, 0.6) is 0 Å². The summed E-state index contributed by atoms with van der Waals surface area (Å²) in [6.45, 7) is 7.13. The van der Waals surface area contributed by atoms with Crippen molar-refractivity contribution in [1.82, 2.24) is 15.1 Å². The molecule has 0 aliphatic carbocycles. The monoisotopic (exact) mass is 287 g/mol. The SMILES string of the molecule is COCCCN(CCOC)C(=O)CN1CCCNCC1. The molecule has 1 rings (SSSR count). The molecule has 1 amide bonds. The number of hydrogen-bond donors (Lipinski definition) is 1. The van der Waals surface area contributed by atoms with E-state index < -0.39 is 0 Å². The van der Waals surface area contributed by atoms with Gasteiger partial charge in [0, 0.05) is 47.0 Å². The molecule has 1 aliphatic heterocycles. The number of hydrogen-bond acceptors (Lipinski definition) is 5. The summed E-state index contributed by atoms with van der Waals surface area (Å²) in [5, 5.41) is 3.35. The van der Waals surface area contributed by atoms with E-state index in [9.17, 15) is 4.79 Å². The van der Waals surface area contributed by atoms with Crippen molar-refractivity contribution in [3.8, 4) is 0 Å². The predicted molar refractivity (Wildman–Crippen MR) is 78.9 cm³/mol. The predicted octanol–water partition coefficient (Wildman–Crippen LogP) is -0.207. The van der Waals surface area contributed by atoms with Crippen LogP contribution in [0.25, 0.3) is 0 Å². The van der Waals surface area contributed by atoms with Crippen LogP contribution in [0.4, 0.5) is 0 Å². The Balaban J connectivity index is 2.38. The molecule has 20 heavy (non-hydrogen) atoms. The number of amides is 1. The Bertz CT molecular complexity index is 256. The van der Waals surface area contributed by atoms with Gasteiger partial charge in [-0.3, -0.25) is 9.69 Å². The second-order valence-corrected chi connectivity index (χ2v) is 5.10. The number of nitrogens with one attached hydrogen (secondary N) is 1. The van der Waals surface area contributed by atoms with Gasteiger partial charge in [-0.25, -0.2) is 0 Å². The van der Waals surface area contributed by atoms with Gasteiger partial charge in [0.2, 0.25) is 5.91 Å². The van der Waals surface area contributed by atoms with Gasteiger partial charge in [-0.05, 0) is 25.9 Å². The van der Waals surface area contributed by atoms with Crippen LogP contribution in [0.2, 0.25) is 0 Å². The number of nitrogens with zero attached hydrogens (tertiary/aromatic N) is 2. The second-order valence-electron chi connectivity index (χ2n) is 5.10. The highest BCUT2D eigenvalue weighted by atomic mass is 16.5. The molecule has 1 N–H and O–H groups in total. The summed E-state index contributed by atoms with van der Waals surface area (Å²) in [6.07, 6.45) is 1.97. The maximum atomic E-state index is 12.4. The zero-order valence-electron chi connectivity index (χ0n) is 12.9. The summed E-state index contributed by atoms with van der Waals surface area (Å²) < 4.78 is 10.1. The Morgan fingerprint density at radius 3 is 2.70 bits per heavy atom. The smallest absolute Gasteiger partial charge is 0.236 e. The number of carbonyl (C=O) groups excluding carboxylic acids is 1. The van der Waals surface area contributed by atoms with Crippen LogP contribution in [0.15, 0.2) is 0 Å². The Hall–Kier alpha value is -0.690. The van der Waals surface area contributed by atoms with Gasteiger partial charge in [-0.2, -0.15) is 0 Å². The summed E-state index contributed by atoms with van der Waals surface area (Å²) in [7, 11) is 3.35. The third kappa shape index (κ3) is 7.19. The topological polar surface area (TPSA) is 54.0 Å². The van der Waals surface area contributed by atoms with Crippen molar-refractivity contribution in [2.75, 3.05) is 73.2 Å². The molecule has 6 nitrogen and oxygen atoms in total. The third-order valence-corrected chi connectivity index (χ3v) is 3.49. The Kier molecular flexibility index (Phi) is 9.57. The molecule has 1 aliphatic rings. The third-order valence-electron chi connectivity index (χ3n) is 3.49. The van der Waals surface area contributed by atoms with Crippen LogP contribution in [-0.2, 0) is 14.3 Å². The fraction of sp³-hybridized carbons (Fsp3) is 0.929. The maximum absolute atomic E-state index is 12.4. The molecule has 1 fully saturated rings. The normalized spacial score (nSPS) is 16.9. The molecule has 0 radical (unpaired) electrons. The van der Waals surface area contributed by atoms with E-state index in [1.54, 1.807) is 14.2 Å². The van der Waals surface area contributed by atoms with Gasteiger partial charge in [0.15, 0.2) is 0 Å². The van der Waals surface area contributed by atoms with Gasteiger partial charge in [0.25, 0.3) is 0 Å². The minimum Gasteiger partial charge on any atom is -0.385 e. The molecule has 0 atom stereocenters. The largest absolute Gasteiger partial charge is 0.385 e. The summed E-state index contributed by atoms with van der Waals surface area (Å²) in [6, 6.07) is 0. The Labute approximate surface area is 122 Å². The lowest BCUT2D eigenvalue weighted by Gasteiger charge is -2.26. The zero-order valence-corrected chi connectivity index (χ0v) is 12.9. The number of rotatable bonds is 9. The highest BCUT2D eigenvalue weighted by molar-refractivity contribution is 5.78. The highest BCUT2D eigenvalue weighted by Crippen LogP contribution is 2.00. The van der Waals surface area contributed by atoms with E-state index in [1.165, 1.54) is 0 Å². The molecule has 0 spiro atoms. The molecular weight excluding hydrogens is 258 g/mol. The second kappa shape index (κ2) is 11.0. The van der Waals surface area contributed by atoms with Crippen LogP contribution in [0, 0.1) is 0 Å². The van der Waals surface area contributed by atoms with E-state index in [0.717, 1.165) is 45.6 Å². The van der Waals surface area contributed by atoms with Gasteiger partial charge in [-0.15, -0.1) is 0 Å². The van der Waals surface area contributed by atoms with Crippen LogP contribution in [0.1, 0.15) is 12.8 Å². The lowest BCUT2D eigenvalue weighted by atomic mass is 10.3. The highest BCUT2D eigenvalue weighted by Gasteiger charge is 2.17. The first-order valence-corrected chi connectivity index (χ1v) is 7.46. The maximum Gasteiger partial charge on any atom is 0.236 e. The molecule has 0 bridgehead atoms. The molecule has 0 aromatic rings. The summed E-state index contributed by atoms with van der Waals surface area (Å²) >= 11 is 0. The van der Waals surface area contributed by atoms with E-state index in [4.69, 9.17) is 9.47 Å². The van der Waals surface area contributed by atoms with Gasteiger partial charge in [0.1, 0.15) is 0 Å². The van der Waals surface area contributed by atoms with Crippen molar-refractivity contribution in [2.45, 2.75) is 12.8 Å². The van der Waals surface area contributed by atoms with Crippen molar-refractivity contribution in [1.29, 1.82) is 0 Å². The van der Waals surface area contributed by atoms with Gasteiger partial charge in [0.05, 0.1) is 13.2 Å². The van der Waals surface area contributed by atoms with Gasteiger partial charge < -0.3 is 19.7 Å². The molecule has 1 heterocycles. The van der Waals surface area contributed by atoms with Crippen LogP contribution in [-0.4, -0.2) is 89.0 Å². The van der Waals surface area contributed by atoms with E-state index in [0.29, 0.717) is 26.3 Å².